The number of hydrogen-bond acceptors (Lipinski definition) is 0. The average molecular weight is 415 g/mol. The highest BCUT2D eigenvalue weighted by Crippen LogP contribution is 2.57. The second-order valence-electron chi connectivity index (χ2n) is 14.0. The molecule has 0 aliphatic heterocycles. The van der Waals surface area contributed by atoms with E-state index in [4.69, 9.17) is 0 Å². The summed E-state index contributed by atoms with van der Waals surface area (Å²) in [6, 6.07) is 10.4. The Bertz CT molecular complexity index is 1010. The summed E-state index contributed by atoms with van der Waals surface area (Å²) in [6.07, 6.45) is 5.09. The monoisotopic (exact) mass is 414 g/mol. The molecule has 2 aromatic carbocycles. The molecule has 0 aromatic heterocycles. The minimum Gasteiger partial charge on any atom is -0.0558 e. The first-order chi connectivity index (χ1) is 14.1. The molecule has 0 amide bonds. The molecular weight excluding hydrogens is 372 g/mol. The maximum atomic E-state index is 2.61. The van der Waals surface area contributed by atoms with Crippen LogP contribution in [0.15, 0.2) is 24.3 Å². The van der Waals surface area contributed by atoms with Crippen molar-refractivity contribution in [3.8, 4) is 11.1 Å². The fourth-order valence-electron chi connectivity index (χ4n) is 6.85. The average Bonchev–Trinajstić information content (AvgIpc) is 2.88. The Morgan fingerprint density at radius 3 is 0.935 bits per heavy atom. The zero-order chi connectivity index (χ0) is 22.8. The van der Waals surface area contributed by atoms with E-state index in [1.807, 2.05) is 0 Å². The molecule has 0 atom stereocenters. The van der Waals surface area contributed by atoms with E-state index in [-0.39, 0.29) is 27.1 Å². The summed E-state index contributed by atoms with van der Waals surface area (Å²) in [4.78, 5) is 0. The van der Waals surface area contributed by atoms with Crippen molar-refractivity contribution < 1.29 is 0 Å². The molecule has 0 heterocycles. The molecule has 5 rings (SSSR count). The quantitative estimate of drug-likeness (QED) is 0.404. The van der Waals surface area contributed by atoms with Gasteiger partial charge in [0.05, 0.1) is 0 Å². The largest absolute Gasteiger partial charge is 0.0558 e. The molecule has 0 bridgehead atoms. The van der Waals surface area contributed by atoms with Crippen LogP contribution in [0, 0.1) is 0 Å². The normalized spacial score (nSPS) is 25.2. The molecule has 0 fully saturated rings. The van der Waals surface area contributed by atoms with Crippen LogP contribution >= 0.6 is 0 Å². The van der Waals surface area contributed by atoms with Crippen LogP contribution < -0.4 is 0 Å². The minimum atomic E-state index is 0.0596. The molecule has 0 N–H and O–H groups in total. The summed E-state index contributed by atoms with van der Waals surface area (Å²) < 4.78 is 0. The molecule has 0 saturated heterocycles. The molecule has 0 radical (unpaired) electrons. The van der Waals surface area contributed by atoms with Crippen LogP contribution in [-0.4, -0.2) is 0 Å². The van der Waals surface area contributed by atoms with E-state index in [1.165, 1.54) is 36.8 Å². The van der Waals surface area contributed by atoms with E-state index in [1.54, 1.807) is 33.4 Å². The van der Waals surface area contributed by atoms with Gasteiger partial charge in [-0.1, -0.05) is 81.4 Å². The predicted octanol–water partition coefficient (Wildman–Crippen LogP) is 8.69. The lowest BCUT2D eigenvalue weighted by molar-refractivity contribution is 0.331. The fourth-order valence-corrected chi connectivity index (χ4v) is 6.85. The third-order valence-electron chi connectivity index (χ3n) is 9.62. The number of fused-ring (bicyclic) bond motifs is 5. The van der Waals surface area contributed by atoms with Crippen LogP contribution in [0.2, 0.25) is 0 Å². The summed E-state index contributed by atoms with van der Waals surface area (Å²) in [5.41, 5.74) is 13.5. The zero-order valence-electron chi connectivity index (χ0n) is 21.6. The molecule has 3 aliphatic carbocycles. The SMILES string of the molecule is CC1(C)CCC(C)(C)c2cc3c(cc21)-c1cc2c(cc1C3(C)C)C(C)(C)CCC2(C)C. The Balaban J connectivity index is 1.83. The number of hydrogen-bond donors (Lipinski definition) is 0. The standard InChI is InChI=1S/C31H42/c1-27(2)11-13-29(5,6)25-17-21-19(15-23(25)27)20-16-24-26(18-22(20)31(21,9)10)30(7,8)14-12-28(24,3)4/h15-18H,11-14H2,1-10H3. The van der Waals surface area contributed by atoms with Crippen LogP contribution in [0.3, 0.4) is 0 Å². The maximum Gasteiger partial charge on any atom is 0.0159 e. The molecular formula is C31H42. The highest BCUT2D eigenvalue weighted by Gasteiger charge is 2.45. The van der Waals surface area contributed by atoms with Crippen molar-refractivity contribution in [2.24, 2.45) is 0 Å². The smallest absolute Gasteiger partial charge is 0.0159 e. The zero-order valence-corrected chi connectivity index (χ0v) is 21.6. The van der Waals surface area contributed by atoms with Gasteiger partial charge in [-0.2, -0.15) is 0 Å². The predicted molar refractivity (Wildman–Crippen MR) is 135 cm³/mol. The van der Waals surface area contributed by atoms with Gasteiger partial charge in [0.2, 0.25) is 0 Å². The van der Waals surface area contributed by atoms with E-state index in [2.05, 4.69) is 93.5 Å². The fraction of sp³-hybridized carbons (Fsp3) is 0.613. The second kappa shape index (κ2) is 5.86. The first-order valence-corrected chi connectivity index (χ1v) is 12.5. The minimum absolute atomic E-state index is 0.0596. The Morgan fingerprint density at radius 1 is 0.387 bits per heavy atom. The van der Waals surface area contributed by atoms with Crippen LogP contribution in [-0.2, 0) is 27.1 Å². The first-order valence-electron chi connectivity index (χ1n) is 12.5. The van der Waals surface area contributed by atoms with Gasteiger partial charge in [-0.3, -0.25) is 0 Å². The van der Waals surface area contributed by atoms with Gasteiger partial charge in [0.15, 0.2) is 0 Å². The third kappa shape index (κ3) is 2.79. The third-order valence-corrected chi connectivity index (χ3v) is 9.62. The summed E-state index contributed by atoms with van der Waals surface area (Å²) in [6.45, 7) is 24.5. The van der Waals surface area contributed by atoms with Gasteiger partial charge >= 0.3 is 0 Å². The van der Waals surface area contributed by atoms with Crippen molar-refractivity contribution in [3.63, 3.8) is 0 Å². The van der Waals surface area contributed by atoms with Crippen molar-refractivity contribution in [3.05, 3.63) is 57.6 Å². The van der Waals surface area contributed by atoms with E-state index in [9.17, 15) is 0 Å². The highest BCUT2D eigenvalue weighted by atomic mass is 14.5. The maximum absolute atomic E-state index is 2.61. The Hall–Kier alpha value is -1.56. The molecule has 0 saturated carbocycles. The van der Waals surface area contributed by atoms with E-state index >= 15 is 0 Å². The summed E-state index contributed by atoms with van der Waals surface area (Å²) in [5.74, 6) is 0. The van der Waals surface area contributed by atoms with Gasteiger partial charge in [-0.05, 0) is 104 Å². The Morgan fingerprint density at radius 2 is 0.645 bits per heavy atom. The lowest BCUT2D eigenvalue weighted by Gasteiger charge is -2.42. The molecule has 0 heteroatoms. The van der Waals surface area contributed by atoms with Crippen LogP contribution in [0.5, 0.6) is 0 Å². The van der Waals surface area contributed by atoms with Gasteiger partial charge in [-0.15, -0.1) is 0 Å². The first kappa shape index (κ1) is 21.3. The Labute approximate surface area is 190 Å². The molecule has 166 valence electrons. The van der Waals surface area contributed by atoms with Crippen molar-refractivity contribution >= 4 is 0 Å². The molecule has 2 aromatic rings. The Kier molecular flexibility index (Phi) is 4.03. The number of rotatable bonds is 0. The van der Waals surface area contributed by atoms with Crippen molar-refractivity contribution in [2.75, 3.05) is 0 Å². The molecule has 0 spiro atoms. The molecule has 0 nitrogen and oxygen atoms in total. The van der Waals surface area contributed by atoms with E-state index in [0.717, 1.165) is 0 Å². The van der Waals surface area contributed by atoms with Gasteiger partial charge in [0.1, 0.15) is 0 Å². The topological polar surface area (TPSA) is 0 Å². The lowest BCUT2D eigenvalue weighted by Crippen LogP contribution is -2.34. The van der Waals surface area contributed by atoms with Crippen LogP contribution in [0.4, 0.5) is 0 Å². The van der Waals surface area contributed by atoms with Crippen molar-refractivity contribution in [1.82, 2.24) is 0 Å². The van der Waals surface area contributed by atoms with Crippen molar-refractivity contribution in [1.29, 1.82) is 0 Å². The summed E-state index contributed by atoms with van der Waals surface area (Å²) in [7, 11) is 0. The summed E-state index contributed by atoms with van der Waals surface area (Å²) in [5, 5.41) is 0. The molecule has 31 heavy (non-hydrogen) atoms. The number of benzene rings is 2. The van der Waals surface area contributed by atoms with Gasteiger partial charge in [0.25, 0.3) is 0 Å². The highest BCUT2D eigenvalue weighted by molar-refractivity contribution is 5.83. The molecule has 0 unspecified atom stereocenters. The van der Waals surface area contributed by atoms with Crippen LogP contribution in [0.25, 0.3) is 11.1 Å². The van der Waals surface area contributed by atoms with Crippen LogP contribution in [0.1, 0.15) is 128 Å². The summed E-state index contributed by atoms with van der Waals surface area (Å²) >= 11 is 0. The van der Waals surface area contributed by atoms with E-state index < -0.39 is 0 Å². The lowest BCUT2D eigenvalue weighted by atomic mass is 9.62. The van der Waals surface area contributed by atoms with Gasteiger partial charge < -0.3 is 0 Å². The van der Waals surface area contributed by atoms with Gasteiger partial charge in [-0.25, -0.2) is 0 Å². The molecule has 3 aliphatic rings. The van der Waals surface area contributed by atoms with Gasteiger partial charge in [0, 0.05) is 5.41 Å². The van der Waals surface area contributed by atoms with Crippen molar-refractivity contribution in [2.45, 2.75) is 122 Å². The van der Waals surface area contributed by atoms with E-state index in [0.29, 0.717) is 0 Å². The second-order valence-corrected chi connectivity index (χ2v) is 14.0.